The molecule has 0 aliphatic carbocycles. The molecule has 0 radical (unpaired) electrons. The van der Waals surface area contributed by atoms with Gasteiger partial charge in [-0.3, -0.25) is 4.90 Å². The van der Waals surface area contributed by atoms with Gasteiger partial charge in [-0.15, -0.1) is 0 Å². The molecule has 1 aliphatic heterocycles. The highest BCUT2D eigenvalue weighted by Crippen LogP contribution is 2.27. The Labute approximate surface area is 197 Å². The maximum Gasteiger partial charge on any atom is 0.229 e. The zero-order valence-corrected chi connectivity index (χ0v) is 19.0. The zero-order valence-electron chi connectivity index (χ0n) is 19.0. The van der Waals surface area contributed by atoms with Gasteiger partial charge in [-0.25, -0.2) is 9.37 Å². The molecule has 3 heterocycles. The smallest absolute Gasteiger partial charge is 0.229 e. The molecule has 2 aromatic carbocycles. The first-order valence-corrected chi connectivity index (χ1v) is 11.3. The summed E-state index contributed by atoms with van der Waals surface area (Å²) in [6.07, 6.45) is 1.62. The zero-order chi connectivity index (χ0) is 23.3. The van der Waals surface area contributed by atoms with Gasteiger partial charge >= 0.3 is 0 Å². The number of halogens is 1. The molecular weight excluding hydrogens is 435 g/mol. The third-order valence-electron chi connectivity index (χ3n) is 5.66. The van der Waals surface area contributed by atoms with Crippen molar-refractivity contribution in [3.63, 3.8) is 0 Å². The molecule has 0 amide bonds. The van der Waals surface area contributed by atoms with E-state index in [9.17, 15) is 4.39 Å². The van der Waals surface area contributed by atoms with Crippen LogP contribution < -0.4 is 15.4 Å². The maximum atomic E-state index is 14.9. The van der Waals surface area contributed by atoms with Gasteiger partial charge in [-0.1, -0.05) is 6.07 Å². The molecule has 8 nitrogen and oxygen atoms in total. The first kappa shape index (κ1) is 22.1. The Kier molecular flexibility index (Phi) is 6.55. The number of anilines is 4. The molecule has 34 heavy (non-hydrogen) atoms. The van der Waals surface area contributed by atoms with Gasteiger partial charge in [-0.05, 0) is 43.3 Å². The number of hydrogen-bond donors (Lipinski definition) is 3. The van der Waals surface area contributed by atoms with Gasteiger partial charge in [0.2, 0.25) is 5.95 Å². The molecule has 0 bridgehead atoms. The van der Waals surface area contributed by atoms with Crippen molar-refractivity contribution in [2.45, 2.75) is 6.92 Å². The van der Waals surface area contributed by atoms with Gasteiger partial charge in [0.1, 0.15) is 18.2 Å². The summed E-state index contributed by atoms with van der Waals surface area (Å²) in [6, 6.07) is 14.7. The van der Waals surface area contributed by atoms with Crippen LogP contribution in [0, 0.1) is 12.7 Å². The number of ether oxygens (including phenoxy) is 2. The highest BCUT2D eigenvalue weighted by Gasteiger charge is 2.12. The Morgan fingerprint density at radius 1 is 1.12 bits per heavy atom. The minimum atomic E-state index is -0.322. The van der Waals surface area contributed by atoms with Crippen LogP contribution in [0.2, 0.25) is 0 Å². The van der Waals surface area contributed by atoms with Crippen molar-refractivity contribution < 1.29 is 13.9 Å². The molecule has 2 aromatic heterocycles. The number of fused-ring (bicyclic) bond motifs is 1. The fourth-order valence-corrected chi connectivity index (χ4v) is 3.94. The summed E-state index contributed by atoms with van der Waals surface area (Å²) in [4.78, 5) is 14.2. The van der Waals surface area contributed by atoms with Crippen molar-refractivity contribution in [2.75, 3.05) is 50.1 Å². The lowest BCUT2D eigenvalue weighted by molar-refractivity contribution is 0.0322. The van der Waals surface area contributed by atoms with Crippen molar-refractivity contribution in [1.82, 2.24) is 19.9 Å². The molecule has 0 saturated carbocycles. The second-order valence-electron chi connectivity index (χ2n) is 8.19. The molecule has 4 aromatic rings. The molecule has 5 rings (SSSR count). The van der Waals surface area contributed by atoms with Crippen molar-refractivity contribution in [3.05, 3.63) is 66.2 Å². The second kappa shape index (κ2) is 10.1. The summed E-state index contributed by atoms with van der Waals surface area (Å²) in [7, 11) is 0. The summed E-state index contributed by atoms with van der Waals surface area (Å²) in [5.41, 5.74) is 2.83. The number of aromatic amines is 1. The standard InChI is InChI=1S/C25H27FN6O2/c1-17-15-20-21(28-17)5-6-22(24(20)26)30-23-7-8-27-25(31-23)29-18-3-2-4-19(16-18)34-14-11-32-9-12-33-13-10-32/h2-8,15-16,28H,9-14H2,1H3,(H2,27,29,30,31). The molecule has 0 spiro atoms. The molecular formula is C25H27FN6O2. The highest BCUT2D eigenvalue weighted by atomic mass is 19.1. The Morgan fingerprint density at radius 3 is 2.88 bits per heavy atom. The van der Waals surface area contributed by atoms with E-state index >= 15 is 0 Å². The minimum Gasteiger partial charge on any atom is -0.492 e. The van der Waals surface area contributed by atoms with Crippen LogP contribution in [0.4, 0.5) is 27.5 Å². The van der Waals surface area contributed by atoms with Crippen LogP contribution in [0.1, 0.15) is 5.69 Å². The van der Waals surface area contributed by atoms with E-state index in [2.05, 4.69) is 30.5 Å². The lowest BCUT2D eigenvalue weighted by Gasteiger charge is -2.26. The molecule has 1 fully saturated rings. The number of nitrogens with one attached hydrogen (secondary N) is 3. The van der Waals surface area contributed by atoms with E-state index in [-0.39, 0.29) is 5.82 Å². The van der Waals surface area contributed by atoms with Crippen LogP contribution in [0.3, 0.4) is 0 Å². The number of morpholine rings is 1. The number of H-pyrrole nitrogens is 1. The third kappa shape index (κ3) is 5.27. The Balaban J connectivity index is 1.22. The lowest BCUT2D eigenvalue weighted by atomic mass is 10.2. The lowest BCUT2D eigenvalue weighted by Crippen LogP contribution is -2.38. The maximum absolute atomic E-state index is 14.9. The molecule has 1 saturated heterocycles. The topological polar surface area (TPSA) is 87.3 Å². The third-order valence-corrected chi connectivity index (χ3v) is 5.66. The quantitative estimate of drug-likeness (QED) is 0.353. The van der Waals surface area contributed by atoms with Gasteiger partial charge < -0.3 is 25.1 Å². The van der Waals surface area contributed by atoms with Gasteiger partial charge in [0.15, 0.2) is 5.82 Å². The normalized spacial score (nSPS) is 14.3. The van der Waals surface area contributed by atoms with Gasteiger partial charge in [0.25, 0.3) is 0 Å². The molecule has 176 valence electrons. The average Bonchev–Trinajstić information content (AvgIpc) is 3.23. The van der Waals surface area contributed by atoms with E-state index in [1.807, 2.05) is 37.3 Å². The minimum absolute atomic E-state index is 0.322. The van der Waals surface area contributed by atoms with E-state index in [1.54, 1.807) is 24.4 Å². The Hall–Kier alpha value is -3.69. The van der Waals surface area contributed by atoms with Crippen LogP contribution >= 0.6 is 0 Å². The predicted octanol–water partition coefficient (Wildman–Crippen LogP) is 4.60. The number of benzene rings is 2. The summed E-state index contributed by atoms with van der Waals surface area (Å²) < 4.78 is 26.2. The molecule has 1 aliphatic rings. The fraction of sp³-hybridized carbons (Fsp3) is 0.280. The number of hydrogen-bond acceptors (Lipinski definition) is 7. The van der Waals surface area contributed by atoms with Crippen molar-refractivity contribution in [2.24, 2.45) is 0 Å². The summed E-state index contributed by atoms with van der Waals surface area (Å²) in [5, 5.41) is 6.78. The van der Waals surface area contributed by atoms with Crippen molar-refractivity contribution in [3.8, 4) is 5.75 Å². The number of aryl methyl sites for hydroxylation is 1. The number of nitrogens with zero attached hydrogens (tertiary/aromatic N) is 3. The van der Waals surface area contributed by atoms with Crippen molar-refractivity contribution >= 4 is 34.0 Å². The first-order valence-electron chi connectivity index (χ1n) is 11.3. The van der Waals surface area contributed by atoms with E-state index in [0.717, 1.165) is 55.5 Å². The highest BCUT2D eigenvalue weighted by molar-refractivity contribution is 5.85. The Morgan fingerprint density at radius 2 is 2.00 bits per heavy atom. The predicted molar refractivity (Wildman–Crippen MR) is 131 cm³/mol. The summed E-state index contributed by atoms with van der Waals surface area (Å²) >= 11 is 0. The second-order valence-corrected chi connectivity index (χ2v) is 8.19. The van der Waals surface area contributed by atoms with Crippen molar-refractivity contribution in [1.29, 1.82) is 0 Å². The van der Waals surface area contributed by atoms with Crippen LogP contribution in [-0.2, 0) is 4.74 Å². The van der Waals surface area contributed by atoms with Gasteiger partial charge in [0.05, 0.1) is 18.9 Å². The number of rotatable bonds is 8. The Bertz CT molecular complexity index is 1270. The number of aromatic nitrogens is 3. The van der Waals surface area contributed by atoms with Crippen LogP contribution in [0.15, 0.2) is 54.7 Å². The first-order chi connectivity index (χ1) is 16.6. The van der Waals surface area contributed by atoms with Gasteiger partial charge in [0, 0.05) is 54.2 Å². The summed E-state index contributed by atoms with van der Waals surface area (Å²) in [6.45, 7) is 6.81. The average molecular weight is 463 g/mol. The van der Waals surface area contributed by atoms with Crippen LogP contribution in [0.5, 0.6) is 5.75 Å². The monoisotopic (exact) mass is 462 g/mol. The molecule has 9 heteroatoms. The van der Waals surface area contributed by atoms with Gasteiger partial charge in [-0.2, -0.15) is 4.98 Å². The van der Waals surface area contributed by atoms with Crippen LogP contribution in [0.25, 0.3) is 10.9 Å². The largest absolute Gasteiger partial charge is 0.492 e. The summed E-state index contributed by atoms with van der Waals surface area (Å²) in [5.74, 6) is 1.33. The molecule has 3 N–H and O–H groups in total. The molecule has 0 unspecified atom stereocenters. The molecule has 0 atom stereocenters. The fourth-order valence-electron chi connectivity index (χ4n) is 3.94. The van der Waals surface area contributed by atoms with E-state index in [4.69, 9.17) is 9.47 Å². The van der Waals surface area contributed by atoms with Crippen LogP contribution in [-0.4, -0.2) is 59.3 Å². The van der Waals surface area contributed by atoms with E-state index in [1.165, 1.54) is 0 Å². The van der Waals surface area contributed by atoms with E-state index < -0.39 is 0 Å². The van der Waals surface area contributed by atoms with E-state index in [0.29, 0.717) is 29.4 Å². The SMILES string of the molecule is Cc1cc2c(F)c(Nc3ccnc(Nc4cccc(OCCN5CCOCC5)c4)n3)ccc2[nH]1.